The predicted molar refractivity (Wildman–Crippen MR) is 132 cm³/mol. The van der Waals surface area contributed by atoms with Gasteiger partial charge in [0.05, 0.1) is 22.8 Å². The first kappa shape index (κ1) is 21.2. The predicted octanol–water partition coefficient (Wildman–Crippen LogP) is 5.60. The third-order valence-corrected chi connectivity index (χ3v) is 6.17. The fourth-order valence-corrected chi connectivity index (χ4v) is 4.27. The second kappa shape index (κ2) is 8.36. The summed E-state index contributed by atoms with van der Waals surface area (Å²) < 4.78 is 16.5. The Labute approximate surface area is 194 Å². The van der Waals surface area contributed by atoms with E-state index in [1.165, 1.54) is 17.8 Å². The van der Waals surface area contributed by atoms with Gasteiger partial charge in [-0.3, -0.25) is 5.10 Å². The van der Waals surface area contributed by atoms with Crippen LogP contribution < -0.4 is 10.6 Å². The van der Waals surface area contributed by atoms with Crippen molar-refractivity contribution in [2.24, 2.45) is 0 Å². The van der Waals surface area contributed by atoms with Crippen LogP contribution >= 0.6 is 11.8 Å². The topological polar surface area (TPSA) is 96.3 Å². The normalized spacial score (nSPS) is 11.6. The molecule has 0 amide bonds. The first-order valence-corrected chi connectivity index (χ1v) is 11.7. The maximum atomic E-state index is 14.6. The molecule has 0 radical (unpaired) electrons. The lowest BCUT2D eigenvalue weighted by Crippen LogP contribution is -2.07. The molecule has 0 spiro atoms. The molecule has 0 unspecified atom stereocenters. The Morgan fingerprint density at radius 3 is 2.73 bits per heavy atom. The number of thioether (sulfide) groups is 1. The van der Waals surface area contributed by atoms with Gasteiger partial charge in [0.2, 0.25) is 5.95 Å². The molecule has 0 aliphatic rings. The number of benzene rings is 2. The van der Waals surface area contributed by atoms with Gasteiger partial charge in [0, 0.05) is 28.9 Å². The highest BCUT2D eigenvalue weighted by molar-refractivity contribution is 7.98. The summed E-state index contributed by atoms with van der Waals surface area (Å²) in [6, 6.07) is 11.0. The Bertz CT molecular complexity index is 1470. The summed E-state index contributed by atoms with van der Waals surface area (Å²) in [5.41, 5.74) is 3.59. The zero-order valence-corrected chi connectivity index (χ0v) is 19.5. The number of aromatic amines is 1. The molecule has 5 rings (SSSR count). The van der Waals surface area contributed by atoms with Crippen molar-refractivity contribution in [2.45, 2.75) is 24.8 Å². The Morgan fingerprint density at radius 2 is 2.00 bits per heavy atom. The molecule has 0 aliphatic carbocycles. The van der Waals surface area contributed by atoms with Crippen LogP contribution in [0.15, 0.2) is 47.5 Å². The van der Waals surface area contributed by atoms with E-state index < -0.39 is 0 Å². The quantitative estimate of drug-likeness (QED) is 0.283. The molecular weight excluding hydrogens is 439 g/mol. The van der Waals surface area contributed by atoms with Crippen molar-refractivity contribution in [3.05, 3.63) is 48.4 Å². The number of halogens is 1. The highest BCUT2D eigenvalue weighted by Gasteiger charge is 2.22. The van der Waals surface area contributed by atoms with Crippen LogP contribution in [0.3, 0.4) is 0 Å². The number of aromatic nitrogens is 6. The minimum atomic E-state index is -0.360. The number of nitrogens with one attached hydrogen (secondary N) is 3. The smallest absolute Gasteiger partial charge is 0.231 e. The van der Waals surface area contributed by atoms with Gasteiger partial charge in [-0.1, -0.05) is 12.1 Å². The molecule has 0 saturated carbocycles. The van der Waals surface area contributed by atoms with Crippen molar-refractivity contribution in [1.29, 1.82) is 0 Å². The lowest BCUT2D eigenvalue weighted by Gasteiger charge is -2.11. The van der Waals surface area contributed by atoms with Gasteiger partial charge in [-0.15, -0.1) is 11.8 Å². The molecular formula is C23H23FN8S. The average Bonchev–Trinajstić information content (AvgIpc) is 3.44. The van der Waals surface area contributed by atoms with Crippen molar-refractivity contribution in [3.63, 3.8) is 0 Å². The van der Waals surface area contributed by atoms with Crippen molar-refractivity contribution in [1.82, 2.24) is 29.9 Å². The number of rotatable bonds is 6. The molecule has 8 nitrogen and oxygen atoms in total. The molecule has 0 bridgehead atoms. The van der Waals surface area contributed by atoms with Crippen LogP contribution in [0.1, 0.15) is 19.9 Å². The van der Waals surface area contributed by atoms with Gasteiger partial charge in [0.1, 0.15) is 17.3 Å². The summed E-state index contributed by atoms with van der Waals surface area (Å²) >= 11 is 1.49. The fourth-order valence-electron chi connectivity index (χ4n) is 3.84. The second-order valence-corrected chi connectivity index (χ2v) is 8.72. The van der Waals surface area contributed by atoms with Crippen LogP contribution in [-0.2, 0) is 0 Å². The zero-order valence-electron chi connectivity index (χ0n) is 18.6. The van der Waals surface area contributed by atoms with Gasteiger partial charge in [-0.05, 0) is 44.4 Å². The van der Waals surface area contributed by atoms with E-state index in [0.29, 0.717) is 17.2 Å². The van der Waals surface area contributed by atoms with Crippen LogP contribution in [-0.4, -0.2) is 43.2 Å². The van der Waals surface area contributed by atoms with Crippen LogP contribution in [0, 0.1) is 5.82 Å². The second-order valence-electron chi connectivity index (χ2n) is 7.84. The van der Waals surface area contributed by atoms with Gasteiger partial charge in [0.15, 0.2) is 5.65 Å². The summed E-state index contributed by atoms with van der Waals surface area (Å²) in [5, 5.41) is 20.1. The number of hydrogen-bond donors (Lipinski definition) is 3. The van der Waals surface area contributed by atoms with Crippen LogP contribution in [0.4, 0.5) is 21.8 Å². The zero-order chi connectivity index (χ0) is 23.1. The number of nitrogens with zero attached hydrogens (tertiary/aromatic N) is 5. The lowest BCUT2D eigenvalue weighted by atomic mass is 10.1. The van der Waals surface area contributed by atoms with Gasteiger partial charge >= 0.3 is 0 Å². The average molecular weight is 463 g/mol. The molecule has 3 N–H and O–H groups in total. The summed E-state index contributed by atoms with van der Waals surface area (Å²) in [5.74, 6) is 0.532. The molecule has 3 heterocycles. The number of anilines is 3. The van der Waals surface area contributed by atoms with E-state index >= 15 is 0 Å². The molecule has 168 valence electrons. The van der Waals surface area contributed by atoms with Crippen molar-refractivity contribution in [2.75, 3.05) is 23.9 Å². The molecule has 2 aromatic carbocycles. The van der Waals surface area contributed by atoms with E-state index in [2.05, 4.69) is 25.8 Å². The Kier molecular flexibility index (Phi) is 5.37. The van der Waals surface area contributed by atoms with Crippen molar-refractivity contribution >= 4 is 51.2 Å². The Hall–Kier alpha value is -3.66. The summed E-state index contributed by atoms with van der Waals surface area (Å²) in [7, 11) is 1.80. The third-order valence-electron chi connectivity index (χ3n) is 5.44. The molecule has 10 heteroatoms. The SMILES string of the molecule is CNc1nc(Nc2ccc(SC)cc2F)nc2c1c(-c1cccc3[nH]ncc13)nn2C(C)C. The van der Waals surface area contributed by atoms with E-state index in [-0.39, 0.29) is 17.8 Å². The van der Waals surface area contributed by atoms with E-state index in [0.717, 1.165) is 32.4 Å². The highest BCUT2D eigenvalue weighted by atomic mass is 32.2. The standard InChI is InChI=1S/C23H23FN8S/c1-12(2)32-22-19(20(31-32)14-6-5-7-17-15(14)11-26-30-17)21(25-3)28-23(29-22)27-18-9-8-13(33-4)10-16(18)24/h5-12H,1-4H3,(H,26,30)(H2,25,27,28,29). The van der Waals surface area contributed by atoms with Gasteiger partial charge in [-0.25, -0.2) is 9.07 Å². The number of hydrogen-bond acceptors (Lipinski definition) is 7. The first-order chi connectivity index (χ1) is 16.0. The van der Waals surface area contributed by atoms with Crippen molar-refractivity contribution in [3.8, 4) is 11.3 Å². The molecule has 0 fully saturated rings. The minimum absolute atomic E-state index is 0.0508. The Morgan fingerprint density at radius 1 is 1.15 bits per heavy atom. The van der Waals surface area contributed by atoms with E-state index in [1.54, 1.807) is 19.3 Å². The molecule has 33 heavy (non-hydrogen) atoms. The van der Waals surface area contributed by atoms with Crippen LogP contribution in [0.2, 0.25) is 0 Å². The van der Waals surface area contributed by atoms with E-state index in [4.69, 9.17) is 10.1 Å². The largest absolute Gasteiger partial charge is 0.372 e. The highest BCUT2D eigenvalue weighted by Crippen LogP contribution is 2.37. The number of fused-ring (bicyclic) bond motifs is 2. The maximum absolute atomic E-state index is 14.6. The Balaban J connectivity index is 1.70. The first-order valence-electron chi connectivity index (χ1n) is 10.5. The van der Waals surface area contributed by atoms with Crippen LogP contribution in [0.5, 0.6) is 0 Å². The lowest BCUT2D eigenvalue weighted by molar-refractivity contribution is 0.548. The van der Waals surface area contributed by atoms with Crippen molar-refractivity contribution < 1.29 is 4.39 Å². The summed E-state index contributed by atoms with van der Waals surface area (Å²) in [6.07, 6.45) is 3.70. The monoisotopic (exact) mass is 462 g/mol. The maximum Gasteiger partial charge on any atom is 0.231 e. The summed E-state index contributed by atoms with van der Waals surface area (Å²) in [6.45, 7) is 4.09. The van der Waals surface area contributed by atoms with Gasteiger partial charge in [-0.2, -0.15) is 20.2 Å². The van der Waals surface area contributed by atoms with Crippen LogP contribution in [0.25, 0.3) is 33.2 Å². The third kappa shape index (κ3) is 3.66. The summed E-state index contributed by atoms with van der Waals surface area (Å²) in [4.78, 5) is 10.2. The molecule has 0 atom stereocenters. The molecule has 0 aliphatic heterocycles. The van der Waals surface area contributed by atoms with Gasteiger partial charge in [0.25, 0.3) is 0 Å². The van der Waals surface area contributed by atoms with E-state index in [9.17, 15) is 4.39 Å². The minimum Gasteiger partial charge on any atom is -0.372 e. The number of H-pyrrole nitrogens is 1. The molecule has 0 saturated heterocycles. The molecule has 5 aromatic rings. The fraction of sp³-hybridized carbons (Fsp3) is 0.217. The molecule has 3 aromatic heterocycles. The van der Waals surface area contributed by atoms with E-state index in [1.807, 2.05) is 49.1 Å². The van der Waals surface area contributed by atoms with Gasteiger partial charge < -0.3 is 10.6 Å².